The van der Waals surface area contributed by atoms with Gasteiger partial charge in [-0.2, -0.15) is 0 Å². The number of carbonyl (C=O) groups is 2. The average Bonchev–Trinajstić information content (AvgIpc) is 2.61. The van der Waals surface area contributed by atoms with Gasteiger partial charge in [0, 0.05) is 43.1 Å². The number of carbonyl (C=O) groups excluding carboxylic acids is 2. The van der Waals surface area contributed by atoms with E-state index in [9.17, 15) is 9.59 Å². The fraction of sp³-hybridized carbons (Fsp3) is 0.278. The number of aryl methyl sites for hydroxylation is 1. The summed E-state index contributed by atoms with van der Waals surface area (Å²) in [5.74, 6) is -0.806. The van der Waals surface area contributed by atoms with Gasteiger partial charge in [-0.3, -0.25) is 9.59 Å². The number of anilines is 2. The van der Waals surface area contributed by atoms with Crippen molar-refractivity contribution in [3.05, 3.63) is 53.2 Å². The van der Waals surface area contributed by atoms with E-state index in [0.717, 1.165) is 11.3 Å². The zero-order chi connectivity index (χ0) is 17.8. The van der Waals surface area contributed by atoms with E-state index in [0.29, 0.717) is 37.0 Å². The number of hydrogen-bond acceptors (Lipinski definition) is 4. The Labute approximate surface area is 151 Å². The Balaban J connectivity index is 1.57. The van der Waals surface area contributed by atoms with Crippen LogP contribution in [0.5, 0.6) is 0 Å². The van der Waals surface area contributed by atoms with Gasteiger partial charge < -0.3 is 15.1 Å². The number of nitrogens with one attached hydrogen (secondary N) is 1. The van der Waals surface area contributed by atoms with E-state index in [1.165, 1.54) is 0 Å². The first-order chi connectivity index (χ1) is 12.0. The maximum atomic E-state index is 12.3. The molecule has 1 aromatic heterocycles. The maximum Gasteiger partial charge on any atom is 0.315 e. The number of benzene rings is 1. The Kier molecular flexibility index (Phi) is 5.19. The molecule has 0 bridgehead atoms. The van der Waals surface area contributed by atoms with Crippen LogP contribution in [0.3, 0.4) is 0 Å². The summed E-state index contributed by atoms with van der Waals surface area (Å²) >= 11 is 6.02. The lowest BCUT2D eigenvalue weighted by Gasteiger charge is -2.35. The lowest BCUT2D eigenvalue weighted by molar-refractivity contribution is -0.143. The summed E-state index contributed by atoms with van der Waals surface area (Å²) in [4.78, 5) is 32.2. The van der Waals surface area contributed by atoms with Gasteiger partial charge in [0.05, 0.1) is 0 Å². The van der Waals surface area contributed by atoms with Crippen molar-refractivity contribution in [3.63, 3.8) is 0 Å². The Morgan fingerprint density at radius 3 is 2.56 bits per heavy atom. The van der Waals surface area contributed by atoms with Gasteiger partial charge in [-0.1, -0.05) is 17.7 Å². The second kappa shape index (κ2) is 7.53. The van der Waals surface area contributed by atoms with Crippen molar-refractivity contribution < 1.29 is 9.59 Å². The van der Waals surface area contributed by atoms with Crippen LogP contribution in [0.15, 0.2) is 42.6 Å². The summed E-state index contributed by atoms with van der Waals surface area (Å²) in [7, 11) is 0. The lowest BCUT2D eigenvalue weighted by Crippen LogP contribution is -2.51. The average molecular weight is 359 g/mol. The molecule has 0 saturated carbocycles. The third-order valence-corrected chi connectivity index (χ3v) is 4.33. The number of pyridine rings is 1. The first-order valence-electron chi connectivity index (χ1n) is 8.06. The van der Waals surface area contributed by atoms with Crippen LogP contribution in [0.1, 0.15) is 5.56 Å². The molecular formula is C18H19ClN4O2. The van der Waals surface area contributed by atoms with Gasteiger partial charge in [-0.05, 0) is 42.8 Å². The third kappa shape index (κ3) is 4.28. The summed E-state index contributed by atoms with van der Waals surface area (Å²) in [6.45, 7) is 4.18. The highest BCUT2D eigenvalue weighted by Crippen LogP contribution is 2.20. The molecule has 0 atom stereocenters. The topological polar surface area (TPSA) is 65.5 Å². The number of aromatic nitrogens is 1. The first kappa shape index (κ1) is 17.2. The molecule has 1 fully saturated rings. The van der Waals surface area contributed by atoms with Crippen molar-refractivity contribution in [3.8, 4) is 0 Å². The van der Waals surface area contributed by atoms with E-state index in [-0.39, 0.29) is 0 Å². The largest absolute Gasteiger partial charge is 0.368 e. The molecule has 0 spiro atoms. The number of amides is 2. The number of halogens is 1. The van der Waals surface area contributed by atoms with Gasteiger partial charge >= 0.3 is 11.8 Å². The normalized spacial score (nSPS) is 14.3. The molecule has 1 aliphatic rings. The van der Waals surface area contributed by atoms with Crippen LogP contribution in [0.2, 0.25) is 5.02 Å². The maximum absolute atomic E-state index is 12.3. The molecule has 7 heteroatoms. The van der Waals surface area contributed by atoms with E-state index in [4.69, 9.17) is 11.6 Å². The minimum atomic E-state index is -0.658. The predicted octanol–water partition coefficient (Wildman–Crippen LogP) is 2.33. The SMILES string of the molecule is Cc1ccnc(NC(=O)C(=O)N2CCN(c3cccc(Cl)c3)CC2)c1. The van der Waals surface area contributed by atoms with Crippen LogP contribution in [0.4, 0.5) is 11.5 Å². The fourth-order valence-electron chi connectivity index (χ4n) is 2.76. The van der Waals surface area contributed by atoms with E-state index < -0.39 is 11.8 Å². The summed E-state index contributed by atoms with van der Waals surface area (Å²) in [5.41, 5.74) is 1.99. The molecule has 1 aromatic carbocycles. The van der Waals surface area contributed by atoms with Crippen molar-refractivity contribution >= 4 is 34.9 Å². The zero-order valence-corrected chi connectivity index (χ0v) is 14.7. The van der Waals surface area contributed by atoms with Gasteiger partial charge in [0.2, 0.25) is 0 Å². The van der Waals surface area contributed by atoms with Gasteiger partial charge in [0.1, 0.15) is 5.82 Å². The monoisotopic (exact) mass is 358 g/mol. The molecule has 3 rings (SSSR count). The zero-order valence-electron chi connectivity index (χ0n) is 13.9. The molecule has 2 amide bonds. The first-order valence-corrected chi connectivity index (χ1v) is 8.44. The molecule has 0 unspecified atom stereocenters. The molecule has 1 aliphatic heterocycles. The Hall–Kier alpha value is -2.60. The van der Waals surface area contributed by atoms with E-state index in [2.05, 4.69) is 15.2 Å². The smallest absolute Gasteiger partial charge is 0.315 e. The molecule has 0 aliphatic carbocycles. The highest BCUT2D eigenvalue weighted by Gasteiger charge is 2.26. The van der Waals surface area contributed by atoms with Crippen LogP contribution < -0.4 is 10.2 Å². The second-order valence-corrected chi connectivity index (χ2v) is 6.37. The number of piperazine rings is 1. The van der Waals surface area contributed by atoms with Crippen LogP contribution >= 0.6 is 11.6 Å². The van der Waals surface area contributed by atoms with Gasteiger partial charge in [-0.15, -0.1) is 0 Å². The van der Waals surface area contributed by atoms with Gasteiger partial charge in [-0.25, -0.2) is 4.98 Å². The molecule has 25 heavy (non-hydrogen) atoms. The van der Waals surface area contributed by atoms with Crippen molar-refractivity contribution in [1.82, 2.24) is 9.88 Å². The lowest BCUT2D eigenvalue weighted by atomic mass is 10.2. The third-order valence-electron chi connectivity index (χ3n) is 4.09. The molecule has 1 N–H and O–H groups in total. The summed E-state index contributed by atoms with van der Waals surface area (Å²) < 4.78 is 0. The summed E-state index contributed by atoms with van der Waals surface area (Å²) in [6.07, 6.45) is 1.60. The van der Waals surface area contributed by atoms with Crippen molar-refractivity contribution in [2.45, 2.75) is 6.92 Å². The highest BCUT2D eigenvalue weighted by atomic mass is 35.5. The van der Waals surface area contributed by atoms with Crippen LogP contribution in [0, 0.1) is 6.92 Å². The molecule has 2 heterocycles. The standard InChI is InChI=1S/C18H19ClN4O2/c1-13-5-6-20-16(11-13)21-17(24)18(25)23-9-7-22(8-10-23)15-4-2-3-14(19)12-15/h2-6,11-12H,7-10H2,1H3,(H,20,21,24). The second-order valence-electron chi connectivity index (χ2n) is 5.93. The van der Waals surface area contributed by atoms with Crippen molar-refractivity contribution in [2.24, 2.45) is 0 Å². The number of nitrogens with zero attached hydrogens (tertiary/aromatic N) is 3. The molecule has 6 nitrogen and oxygen atoms in total. The summed E-state index contributed by atoms with van der Waals surface area (Å²) in [6, 6.07) is 11.2. The Morgan fingerprint density at radius 2 is 1.88 bits per heavy atom. The number of rotatable bonds is 2. The van der Waals surface area contributed by atoms with Crippen molar-refractivity contribution in [1.29, 1.82) is 0 Å². The highest BCUT2D eigenvalue weighted by molar-refractivity contribution is 6.39. The van der Waals surface area contributed by atoms with Gasteiger partial charge in [0.25, 0.3) is 0 Å². The predicted molar refractivity (Wildman–Crippen MR) is 97.8 cm³/mol. The molecule has 130 valence electrons. The minimum Gasteiger partial charge on any atom is -0.368 e. The van der Waals surface area contributed by atoms with Gasteiger partial charge in [0.15, 0.2) is 0 Å². The van der Waals surface area contributed by atoms with Crippen LogP contribution in [0.25, 0.3) is 0 Å². The van der Waals surface area contributed by atoms with Crippen LogP contribution in [-0.2, 0) is 9.59 Å². The molecular weight excluding hydrogens is 340 g/mol. The Morgan fingerprint density at radius 1 is 1.12 bits per heavy atom. The Bertz CT molecular complexity index is 788. The van der Waals surface area contributed by atoms with Crippen molar-refractivity contribution in [2.75, 3.05) is 36.4 Å². The van der Waals surface area contributed by atoms with E-state index >= 15 is 0 Å². The molecule has 0 radical (unpaired) electrons. The minimum absolute atomic E-state index is 0.385. The molecule has 1 saturated heterocycles. The summed E-state index contributed by atoms with van der Waals surface area (Å²) in [5, 5.41) is 3.24. The fourth-order valence-corrected chi connectivity index (χ4v) is 2.94. The molecule has 2 aromatic rings. The number of hydrogen-bond donors (Lipinski definition) is 1. The van der Waals surface area contributed by atoms with E-state index in [1.54, 1.807) is 17.2 Å². The van der Waals surface area contributed by atoms with Crippen LogP contribution in [-0.4, -0.2) is 47.9 Å². The van der Waals surface area contributed by atoms with E-state index in [1.807, 2.05) is 37.3 Å². The quantitative estimate of drug-likeness (QED) is 0.837.